The molecule has 2 N–H and O–H groups in total. The van der Waals surface area contributed by atoms with Gasteiger partial charge < -0.3 is 10.4 Å². The Kier molecular flexibility index (Phi) is 6.63. The Morgan fingerprint density at radius 3 is 2.53 bits per heavy atom. The molecule has 2 nitrogen and oxygen atoms in total. The summed E-state index contributed by atoms with van der Waals surface area (Å²) < 4.78 is 0. The molecule has 0 aliphatic rings. The topological polar surface area (TPSA) is 32.3 Å². The van der Waals surface area contributed by atoms with E-state index >= 15 is 0 Å². The van der Waals surface area contributed by atoms with Crippen molar-refractivity contribution in [3.63, 3.8) is 0 Å². The Balaban J connectivity index is 2.28. The number of rotatable bonds is 8. The molecule has 0 fully saturated rings. The first-order chi connectivity index (χ1) is 8.26. The highest BCUT2D eigenvalue weighted by molar-refractivity contribution is 7.99. The molecular weight excluding hydrogens is 230 g/mol. The maximum atomic E-state index is 9.42. The van der Waals surface area contributed by atoms with Gasteiger partial charge in [0.25, 0.3) is 0 Å². The van der Waals surface area contributed by atoms with E-state index in [0.29, 0.717) is 0 Å². The molecule has 0 aromatic heterocycles. The van der Waals surface area contributed by atoms with Crippen LogP contribution < -0.4 is 5.32 Å². The molecule has 0 heterocycles. The average Bonchev–Trinajstić information content (AvgIpc) is 2.41. The molecule has 0 amide bonds. The number of benzene rings is 1. The average molecular weight is 253 g/mol. The molecule has 0 bridgehead atoms. The van der Waals surface area contributed by atoms with Crippen molar-refractivity contribution in [2.75, 3.05) is 19.4 Å². The van der Waals surface area contributed by atoms with Crippen LogP contribution in [0.2, 0.25) is 0 Å². The van der Waals surface area contributed by atoms with Crippen molar-refractivity contribution >= 4 is 11.8 Å². The van der Waals surface area contributed by atoms with Crippen molar-refractivity contribution in [2.24, 2.45) is 0 Å². The summed E-state index contributed by atoms with van der Waals surface area (Å²) in [6.45, 7) is 2.34. The Morgan fingerprint density at radius 1 is 1.29 bits per heavy atom. The zero-order chi connectivity index (χ0) is 12.6. The van der Waals surface area contributed by atoms with E-state index in [4.69, 9.17) is 0 Å². The highest BCUT2D eigenvalue weighted by atomic mass is 32.2. The number of aliphatic hydroxyl groups excluding tert-OH is 1. The number of hydrogen-bond acceptors (Lipinski definition) is 3. The van der Waals surface area contributed by atoms with Crippen LogP contribution in [-0.4, -0.2) is 30.1 Å². The quantitative estimate of drug-likeness (QED) is 0.552. The molecule has 96 valence electrons. The van der Waals surface area contributed by atoms with Crippen molar-refractivity contribution in [2.45, 2.75) is 36.6 Å². The predicted octanol–water partition coefficient (Wildman–Crippen LogP) is 2.92. The molecule has 0 spiro atoms. The lowest BCUT2D eigenvalue weighted by atomic mass is 9.92. The fraction of sp³-hybridized carbons (Fsp3) is 0.571. The molecule has 1 aromatic rings. The van der Waals surface area contributed by atoms with Gasteiger partial charge in [-0.3, -0.25) is 0 Å². The number of nitrogens with one attached hydrogen (secondary N) is 1. The zero-order valence-electron chi connectivity index (χ0n) is 10.8. The van der Waals surface area contributed by atoms with Gasteiger partial charge >= 0.3 is 0 Å². The molecular formula is C14H23NOS. The number of aliphatic hydroxyl groups is 1. The van der Waals surface area contributed by atoms with Crippen LogP contribution in [0, 0.1) is 0 Å². The van der Waals surface area contributed by atoms with Gasteiger partial charge in [0.05, 0.1) is 6.61 Å². The zero-order valence-corrected chi connectivity index (χ0v) is 11.6. The minimum Gasteiger partial charge on any atom is -0.394 e. The van der Waals surface area contributed by atoms with Crippen molar-refractivity contribution in [1.82, 2.24) is 5.32 Å². The fourth-order valence-corrected chi connectivity index (χ4v) is 2.74. The van der Waals surface area contributed by atoms with E-state index in [0.717, 1.165) is 25.0 Å². The van der Waals surface area contributed by atoms with Crippen LogP contribution in [0.5, 0.6) is 0 Å². The Labute approximate surface area is 109 Å². The second-order valence-corrected chi connectivity index (χ2v) is 5.48. The van der Waals surface area contributed by atoms with E-state index in [1.807, 2.05) is 24.9 Å². The predicted molar refractivity (Wildman–Crippen MR) is 75.6 cm³/mol. The molecule has 17 heavy (non-hydrogen) atoms. The summed E-state index contributed by atoms with van der Waals surface area (Å²) in [4.78, 5) is 1.32. The van der Waals surface area contributed by atoms with E-state index in [9.17, 15) is 5.11 Å². The van der Waals surface area contributed by atoms with Crippen LogP contribution in [0.3, 0.4) is 0 Å². The Hall–Kier alpha value is -0.510. The molecule has 1 atom stereocenters. The number of hydrogen-bond donors (Lipinski definition) is 2. The maximum absolute atomic E-state index is 9.42. The molecule has 1 rings (SSSR count). The van der Waals surface area contributed by atoms with Crippen LogP contribution in [-0.2, 0) is 0 Å². The monoisotopic (exact) mass is 253 g/mol. The summed E-state index contributed by atoms with van der Waals surface area (Å²) in [6.07, 6.45) is 3.11. The van der Waals surface area contributed by atoms with Gasteiger partial charge in [0.1, 0.15) is 0 Å². The van der Waals surface area contributed by atoms with E-state index in [1.54, 1.807) is 0 Å². The lowest BCUT2D eigenvalue weighted by Gasteiger charge is -2.30. The smallest absolute Gasteiger partial charge is 0.0613 e. The molecule has 0 saturated heterocycles. The van der Waals surface area contributed by atoms with Gasteiger partial charge in [-0.15, -0.1) is 11.8 Å². The van der Waals surface area contributed by atoms with Crippen molar-refractivity contribution in [3.05, 3.63) is 30.3 Å². The lowest BCUT2D eigenvalue weighted by molar-refractivity contribution is 0.154. The minimum atomic E-state index is -0.0861. The molecule has 0 saturated carbocycles. The second kappa shape index (κ2) is 7.75. The Morgan fingerprint density at radius 2 is 2.00 bits per heavy atom. The molecule has 0 aliphatic heterocycles. The van der Waals surface area contributed by atoms with Gasteiger partial charge in [-0.1, -0.05) is 25.1 Å². The minimum absolute atomic E-state index is 0.0861. The first-order valence-electron chi connectivity index (χ1n) is 6.24. The summed E-state index contributed by atoms with van der Waals surface area (Å²) in [7, 11) is 1.93. The van der Waals surface area contributed by atoms with E-state index < -0.39 is 0 Å². The van der Waals surface area contributed by atoms with Gasteiger partial charge in [-0.25, -0.2) is 0 Å². The van der Waals surface area contributed by atoms with Crippen molar-refractivity contribution < 1.29 is 5.11 Å². The summed E-state index contributed by atoms with van der Waals surface area (Å²) >= 11 is 1.88. The third-order valence-electron chi connectivity index (χ3n) is 3.32. The van der Waals surface area contributed by atoms with Crippen LogP contribution >= 0.6 is 11.8 Å². The van der Waals surface area contributed by atoms with E-state index in [1.165, 1.54) is 4.90 Å². The van der Waals surface area contributed by atoms with Gasteiger partial charge in [0, 0.05) is 10.4 Å². The van der Waals surface area contributed by atoms with Gasteiger partial charge in [0.15, 0.2) is 0 Å². The Bertz CT molecular complexity index is 290. The summed E-state index contributed by atoms with van der Waals surface area (Å²) in [5.41, 5.74) is -0.0861. The SMILES string of the molecule is CCC(CO)(CCCSc1ccccc1)NC. The third kappa shape index (κ3) is 4.70. The van der Waals surface area contributed by atoms with Crippen LogP contribution in [0.15, 0.2) is 35.2 Å². The van der Waals surface area contributed by atoms with Crippen LogP contribution in [0.25, 0.3) is 0 Å². The molecule has 0 aliphatic carbocycles. The highest BCUT2D eigenvalue weighted by Crippen LogP contribution is 2.22. The van der Waals surface area contributed by atoms with Crippen molar-refractivity contribution in [1.29, 1.82) is 0 Å². The third-order valence-corrected chi connectivity index (χ3v) is 4.42. The van der Waals surface area contributed by atoms with Crippen LogP contribution in [0.1, 0.15) is 26.2 Å². The summed E-state index contributed by atoms with van der Waals surface area (Å²) in [5, 5.41) is 12.7. The summed E-state index contributed by atoms with van der Waals surface area (Å²) in [6, 6.07) is 10.5. The van der Waals surface area contributed by atoms with Gasteiger partial charge in [-0.05, 0) is 44.2 Å². The first-order valence-corrected chi connectivity index (χ1v) is 7.22. The molecule has 3 heteroatoms. The number of thioether (sulfide) groups is 1. The van der Waals surface area contributed by atoms with Gasteiger partial charge in [0.2, 0.25) is 0 Å². The normalized spacial score (nSPS) is 14.5. The van der Waals surface area contributed by atoms with E-state index in [-0.39, 0.29) is 12.1 Å². The largest absolute Gasteiger partial charge is 0.394 e. The lowest BCUT2D eigenvalue weighted by Crippen LogP contribution is -2.45. The highest BCUT2D eigenvalue weighted by Gasteiger charge is 2.23. The molecule has 1 unspecified atom stereocenters. The van der Waals surface area contributed by atoms with Crippen LogP contribution in [0.4, 0.5) is 0 Å². The summed E-state index contributed by atoms with van der Waals surface area (Å²) in [5.74, 6) is 1.10. The van der Waals surface area contributed by atoms with Gasteiger partial charge in [-0.2, -0.15) is 0 Å². The first kappa shape index (κ1) is 14.6. The fourth-order valence-electron chi connectivity index (χ4n) is 1.87. The number of likely N-dealkylation sites (N-methyl/N-ethyl adjacent to an activating group) is 1. The maximum Gasteiger partial charge on any atom is 0.0613 e. The molecule has 0 radical (unpaired) electrons. The molecule has 1 aromatic carbocycles. The van der Waals surface area contributed by atoms with E-state index in [2.05, 4.69) is 36.5 Å². The van der Waals surface area contributed by atoms with Crippen molar-refractivity contribution in [3.8, 4) is 0 Å². The second-order valence-electron chi connectivity index (χ2n) is 4.31. The standard InChI is InChI=1S/C14H23NOS/c1-3-14(12-16,15-2)10-7-11-17-13-8-5-4-6-9-13/h4-6,8-9,15-16H,3,7,10-12H2,1-2H3.